The Morgan fingerprint density at radius 2 is 1.73 bits per heavy atom. The highest BCUT2D eigenvalue weighted by atomic mass is 35.5. The maximum atomic E-state index is 13.0. The summed E-state index contributed by atoms with van der Waals surface area (Å²) in [7, 11) is 1.63. The number of amides is 1. The van der Waals surface area contributed by atoms with E-state index >= 15 is 0 Å². The van der Waals surface area contributed by atoms with E-state index in [1.165, 1.54) is 0 Å². The van der Waals surface area contributed by atoms with Crippen molar-refractivity contribution in [2.24, 2.45) is 0 Å². The molecule has 6 nitrogen and oxygen atoms in total. The molecule has 5 rings (SSSR count). The van der Waals surface area contributed by atoms with E-state index in [-0.39, 0.29) is 5.91 Å². The Morgan fingerprint density at radius 3 is 2.54 bits per heavy atom. The van der Waals surface area contributed by atoms with E-state index in [1.54, 1.807) is 13.2 Å². The van der Waals surface area contributed by atoms with Crippen LogP contribution >= 0.6 is 11.6 Å². The Bertz CT molecular complexity index is 1560. The Hall–Kier alpha value is -4.29. The van der Waals surface area contributed by atoms with Crippen LogP contribution in [-0.2, 0) is 13.2 Å². The number of benzene rings is 4. The van der Waals surface area contributed by atoms with Crippen LogP contribution in [0.1, 0.15) is 27.2 Å². The molecule has 0 unspecified atom stereocenters. The summed E-state index contributed by atoms with van der Waals surface area (Å²) in [6.45, 7) is 2.85. The van der Waals surface area contributed by atoms with E-state index in [0.29, 0.717) is 29.6 Å². The predicted octanol–water partition coefficient (Wildman–Crippen LogP) is 6.89. The lowest BCUT2D eigenvalue weighted by molar-refractivity contribution is 0.102. The Kier molecular flexibility index (Phi) is 7.10. The number of aromatic nitrogens is 2. The molecule has 0 saturated carbocycles. The molecule has 1 N–H and O–H groups in total. The van der Waals surface area contributed by atoms with Crippen molar-refractivity contribution in [2.45, 2.75) is 20.1 Å². The zero-order valence-corrected chi connectivity index (χ0v) is 21.3. The van der Waals surface area contributed by atoms with E-state index in [0.717, 1.165) is 39.1 Å². The lowest BCUT2D eigenvalue weighted by atomic mass is 10.1. The van der Waals surface area contributed by atoms with Gasteiger partial charge in [-0.25, -0.2) is 0 Å². The van der Waals surface area contributed by atoms with Crippen LogP contribution in [0.25, 0.3) is 10.8 Å². The number of carbonyl (C=O) groups excluding carboxylic acids is 1. The van der Waals surface area contributed by atoms with Gasteiger partial charge in [-0.2, -0.15) is 5.10 Å². The van der Waals surface area contributed by atoms with Gasteiger partial charge in [-0.1, -0.05) is 54.1 Å². The first-order valence-electron chi connectivity index (χ1n) is 11.9. The molecule has 0 bridgehead atoms. The minimum atomic E-state index is -0.225. The number of nitrogens with zero attached hydrogens (tertiary/aromatic N) is 2. The molecule has 0 aliphatic rings. The molecular weight excluding hydrogens is 486 g/mol. The average molecular weight is 512 g/mol. The summed E-state index contributed by atoms with van der Waals surface area (Å²) in [5.41, 5.74) is 3.43. The molecule has 37 heavy (non-hydrogen) atoms. The first-order valence-corrected chi connectivity index (χ1v) is 12.2. The molecule has 0 atom stereocenters. The number of rotatable bonds is 8. The van der Waals surface area contributed by atoms with Gasteiger partial charge in [0.1, 0.15) is 18.1 Å². The van der Waals surface area contributed by atoms with E-state index in [4.69, 9.17) is 21.1 Å². The van der Waals surface area contributed by atoms with Crippen molar-refractivity contribution >= 4 is 34.1 Å². The number of nitrogens with one attached hydrogen (secondary N) is 1. The molecule has 0 saturated heterocycles. The highest BCUT2D eigenvalue weighted by Crippen LogP contribution is 2.26. The standard InChI is InChI=1S/C30H26ClN3O3/c1-20-14-29(32-30(35)24-9-8-23-17-27(36-2)12-10-22(23)15-24)33-34(20)18-25-16-26(31)11-13-28(25)37-19-21-6-4-3-5-7-21/h3-17H,18-19H2,1-2H3,(H,32,33,35). The van der Waals surface area contributed by atoms with E-state index in [9.17, 15) is 4.79 Å². The van der Waals surface area contributed by atoms with Gasteiger partial charge in [0.05, 0.1) is 13.7 Å². The topological polar surface area (TPSA) is 65.4 Å². The first-order chi connectivity index (χ1) is 18.0. The van der Waals surface area contributed by atoms with Crippen LogP contribution < -0.4 is 14.8 Å². The molecule has 186 valence electrons. The Balaban J connectivity index is 1.31. The van der Waals surface area contributed by atoms with Gasteiger partial charge < -0.3 is 14.8 Å². The van der Waals surface area contributed by atoms with Crippen LogP contribution in [0.15, 0.2) is 91.0 Å². The monoisotopic (exact) mass is 511 g/mol. The molecule has 0 radical (unpaired) electrons. The Labute approximate surface area is 220 Å². The number of hydrogen-bond acceptors (Lipinski definition) is 4. The number of methoxy groups -OCH3 is 1. The number of anilines is 1. The van der Waals surface area contributed by atoms with Gasteiger partial charge in [0.25, 0.3) is 5.91 Å². The van der Waals surface area contributed by atoms with Crippen LogP contribution in [0.5, 0.6) is 11.5 Å². The summed E-state index contributed by atoms with van der Waals surface area (Å²) in [6, 6.07) is 28.7. The molecule has 1 amide bonds. The zero-order valence-electron chi connectivity index (χ0n) is 20.6. The van der Waals surface area contributed by atoms with Crippen molar-refractivity contribution in [2.75, 3.05) is 12.4 Å². The van der Waals surface area contributed by atoms with Crippen molar-refractivity contribution in [1.82, 2.24) is 9.78 Å². The minimum absolute atomic E-state index is 0.225. The normalized spacial score (nSPS) is 10.9. The fourth-order valence-corrected chi connectivity index (χ4v) is 4.32. The smallest absolute Gasteiger partial charge is 0.256 e. The van der Waals surface area contributed by atoms with Crippen LogP contribution in [0.4, 0.5) is 5.82 Å². The summed E-state index contributed by atoms with van der Waals surface area (Å²) >= 11 is 6.29. The summed E-state index contributed by atoms with van der Waals surface area (Å²) in [5, 5.41) is 10.1. The summed E-state index contributed by atoms with van der Waals surface area (Å²) in [6.07, 6.45) is 0. The fourth-order valence-electron chi connectivity index (χ4n) is 4.12. The predicted molar refractivity (Wildman–Crippen MR) is 147 cm³/mol. The lowest BCUT2D eigenvalue weighted by Gasteiger charge is -2.13. The maximum absolute atomic E-state index is 13.0. The molecule has 7 heteroatoms. The third-order valence-corrected chi connectivity index (χ3v) is 6.35. The number of aryl methyl sites for hydroxylation is 1. The molecule has 0 spiro atoms. The molecule has 1 aromatic heterocycles. The first kappa shape index (κ1) is 24.4. The zero-order chi connectivity index (χ0) is 25.8. The summed E-state index contributed by atoms with van der Waals surface area (Å²) in [4.78, 5) is 13.0. The minimum Gasteiger partial charge on any atom is -0.497 e. The van der Waals surface area contributed by atoms with Gasteiger partial charge in [0.2, 0.25) is 0 Å². The van der Waals surface area contributed by atoms with Gasteiger partial charge in [-0.05, 0) is 65.7 Å². The summed E-state index contributed by atoms with van der Waals surface area (Å²) in [5.74, 6) is 1.77. The molecule has 1 heterocycles. The van der Waals surface area contributed by atoms with Gasteiger partial charge in [-0.3, -0.25) is 9.48 Å². The number of fused-ring (bicyclic) bond motifs is 1. The van der Waals surface area contributed by atoms with Crippen molar-refractivity contribution in [1.29, 1.82) is 0 Å². The maximum Gasteiger partial charge on any atom is 0.256 e. The van der Waals surface area contributed by atoms with Gasteiger partial charge in [0.15, 0.2) is 5.82 Å². The number of hydrogen-bond donors (Lipinski definition) is 1. The van der Waals surface area contributed by atoms with Gasteiger partial charge in [-0.15, -0.1) is 0 Å². The second kappa shape index (κ2) is 10.8. The molecule has 5 aromatic rings. The lowest BCUT2D eigenvalue weighted by Crippen LogP contribution is -2.13. The van der Waals surface area contributed by atoms with E-state index < -0.39 is 0 Å². The van der Waals surface area contributed by atoms with Crippen molar-refractivity contribution in [3.8, 4) is 11.5 Å². The second-order valence-corrected chi connectivity index (χ2v) is 9.17. The average Bonchev–Trinajstić information content (AvgIpc) is 3.26. The van der Waals surface area contributed by atoms with Crippen molar-refractivity contribution in [3.05, 3.63) is 118 Å². The SMILES string of the molecule is COc1ccc2cc(C(=O)Nc3cc(C)n(Cc4cc(Cl)ccc4OCc4ccccc4)n3)ccc2c1. The third kappa shape index (κ3) is 5.76. The fraction of sp³-hybridized carbons (Fsp3) is 0.133. The largest absolute Gasteiger partial charge is 0.497 e. The van der Waals surface area contributed by atoms with Crippen molar-refractivity contribution < 1.29 is 14.3 Å². The van der Waals surface area contributed by atoms with E-state index in [2.05, 4.69) is 10.4 Å². The molecule has 0 fully saturated rings. The molecule has 0 aliphatic carbocycles. The quantitative estimate of drug-likeness (QED) is 0.246. The number of halogens is 1. The highest BCUT2D eigenvalue weighted by molar-refractivity contribution is 6.30. The molecule has 4 aromatic carbocycles. The molecular formula is C30H26ClN3O3. The number of ether oxygens (including phenoxy) is 2. The highest BCUT2D eigenvalue weighted by Gasteiger charge is 2.13. The van der Waals surface area contributed by atoms with Crippen LogP contribution in [0.3, 0.4) is 0 Å². The third-order valence-electron chi connectivity index (χ3n) is 6.11. The van der Waals surface area contributed by atoms with Crippen LogP contribution in [0, 0.1) is 6.92 Å². The van der Waals surface area contributed by atoms with Gasteiger partial charge >= 0.3 is 0 Å². The molecule has 0 aliphatic heterocycles. The van der Waals surface area contributed by atoms with Crippen LogP contribution in [-0.4, -0.2) is 22.8 Å². The van der Waals surface area contributed by atoms with E-state index in [1.807, 2.05) is 96.5 Å². The van der Waals surface area contributed by atoms with Crippen LogP contribution in [0.2, 0.25) is 5.02 Å². The number of carbonyl (C=O) groups is 1. The summed E-state index contributed by atoms with van der Waals surface area (Å²) < 4.78 is 13.2. The van der Waals surface area contributed by atoms with Gasteiger partial charge in [0, 0.05) is 27.9 Å². The second-order valence-electron chi connectivity index (χ2n) is 8.74. The van der Waals surface area contributed by atoms with Crippen molar-refractivity contribution in [3.63, 3.8) is 0 Å². The Morgan fingerprint density at radius 1 is 0.946 bits per heavy atom.